The molecule has 0 spiro atoms. The predicted molar refractivity (Wildman–Crippen MR) is 129 cm³/mol. The molecule has 7 heteroatoms. The molecule has 0 atom stereocenters. The number of para-hydroxylation sites is 2. The number of alkyl halides is 1. The molecule has 1 aliphatic heterocycles. The van der Waals surface area contributed by atoms with E-state index >= 15 is 0 Å². The lowest BCUT2D eigenvalue weighted by Crippen LogP contribution is -2.46. The number of rotatable bonds is 10. The second-order valence-corrected chi connectivity index (χ2v) is 7.92. The quantitative estimate of drug-likeness (QED) is 0.575. The van der Waals surface area contributed by atoms with Crippen LogP contribution in [-0.4, -0.2) is 77.5 Å². The van der Waals surface area contributed by atoms with Gasteiger partial charge in [-0.25, -0.2) is 4.39 Å². The summed E-state index contributed by atoms with van der Waals surface area (Å²) in [5, 5.41) is 2.93. The minimum absolute atomic E-state index is 0.0674. The van der Waals surface area contributed by atoms with Crippen LogP contribution < -0.4 is 19.9 Å². The Balaban J connectivity index is 1.38. The van der Waals surface area contributed by atoms with Gasteiger partial charge in [0, 0.05) is 64.6 Å². The smallest absolute Gasteiger partial charge is 0.251 e. The van der Waals surface area contributed by atoms with E-state index in [4.69, 9.17) is 4.74 Å². The highest BCUT2D eigenvalue weighted by Gasteiger charge is 2.18. The van der Waals surface area contributed by atoms with Crippen molar-refractivity contribution in [2.75, 3.05) is 76.4 Å². The number of nitrogens with one attached hydrogen (secondary N) is 1. The van der Waals surface area contributed by atoms with E-state index in [1.165, 1.54) is 0 Å². The maximum Gasteiger partial charge on any atom is 0.251 e. The number of ether oxygens (including phenoxy) is 1. The van der Waals surface area contributed by atoms with Gasteiger partial charge in [0.15, 0.2) is 0 Å². The van der Waals surface area contributed by atoms with Crippen molar-refractivity contribution >= 4 is 17.3 Å². The Kier molecular flexibility index (Phi) is 8.92. The third-order valence-corrected chi connectivity index (χ3v) is 5.47. The van der Waals surface area contributed by atoms with Crippen LogP contribution in [0.4, 0.5) is 15.8 Å². The highest BCUT2D eigenvalue weighted by Crippen LogP contribution is 2.28. The second kappa shape index (κ2) is 12.1. The Hall–Kier alpha value is -3.06. The number of anilines is 2. The highest BCUT2D eigenvalue weighted by atomic mass is 19.1. The first-order valence-electron chi connectivity index (χ1n) is 11.0. The molecule has 6 nitrogen and oxygen atoms in total. The summed E-state index contributed by atoms with van der Waals surface area (Å²) in [5.41, 5.74) is 2.76. The zero-order valence-corrected chi connectivity index (χ0v) is 19.0. The minimum atomic E-state index is -0.488. The number of carbonyl (C=O) groups excluding carboxylic acids is 1. The Bertz CT molecular complexity index is 878. The molecule has 0 unspecified atom stereocenters. The van der Waals surface area contributed by atoms with Gasteiger partial charge in [-0.15, -0.1) is 0 Å². The van der Waals surface area contributed by atoms with Crippen LogP contribution in [0, 0.1) is 0 Å². The Morgan fingerprint density at radius 3 is 2.47 bits per heavy atom. The summed E-state index contributed by atoms with van der Waals surface area (Å²) in [7, 11) is 3.95. The average molecular weight is 441 g/mol. The van der Waals surface area contributed by atoms with E-state index in [0.717, 1.165) is 49.8 Å². The molecule has 1 heterocycles. The fourth-order valence-corrected chi connectivity index (χ4v) is 3.63. The number of nitrogens with zero attached hydrogens (tertiary/aromatic N) is 3. The number of hydrogen-bond acceptors (Lipinski definition) is 5. The van der Waals surface area contributed by atoms with Crippen molar-refractivity contribution in [3.63, 3.8) is 0 Å². The van der Waals surface area contributed by atoms with E-state index in [-0.39, 0.29) is 12.5 Å². The molecule has 1 aliphatic rings. The molecule has 0 bridgehead atoms. The Morgan fingerprint density at radius 2 is 1.78 bits per heavy atom. The Labute approximate surface area is 190 Å². The van der Waals surface area contributed by atoms with Crippen LogP contribution in [0.3, 0.4) is 0 Å². The van der Waals surface area contributed by atoms with Gasteiger partial charge < -0.3 is 19.9 Å². The predicted octanol–water partition coefficient (Wildman–Crippen LogP) is 3.21. The average Bonchev–Trinajstić information content (AvgIpc) is 2.83. The van der Waals surface area contributed by atoms with E-state index in [1.54, 1.807) is 0 Å². The molecule has 0 aliphatic carbocycles. The third-order valence-electron chi connectivity index (χ3n) is 5.47. The molecule has 1 saturated heterocycles. The molecule has 0 saturated carbocycles. The maximum absolute atomic E-state index is 12.5. The number of amides is 1. The van der Waals surface area contributed by atoms with Gasteiger partial charge >= 0.3 is 0 Å². The molecule has 1 N–H and O–H groups in total. The molecule has 32 heavy (non-hydrogen) atoms. The van der Waals surface area contributed by atoms with Gasteiger partial charge in [0.25, 0.3) is 5.91 Å². The highest BCUT2D eigenvalue weighted by molar-refractivity contribution is 5.94. The summed E-state index contributed by atoms with van der Waals surface area (Å²) in [5.74, 6) is 0.674. The lowest BCUT2D eigenvalue weighted by Gasteiger charge is -2.36. The van der Waals surface area contributed by atoms with Crippen LogP contribution in [0.5, 0.6) is 5.75 Å². The fraction of sp³-hybridized carbons (Fsp3) is 0.400. The van der Waals surface area contributed by atoms with Crippen molar-refractivity contribution < 1.29 is 13.9 Å². The second-order valence-electron chi connectivity index (χ2n) is 7.92. The van der Waals surface area contributed by atoms with E-state index in [2.05, 4.69) is 21.2 Å². The summed E-state index contributed by atoms with van der Waals surface area (Å²) in [4.78, 5) is 18.9. The molecule has 1 fully saturated rings. The van der Waals surface area contributed by atoms with E-state index in [1.807, 2.05) is 73.6 Å². The first kappa shape index (κ1) is 23.6. The molecule has 1 amide bonds. The lowest BCUT2D eigenvalue weighted by molar-refractivity contribution is 0.0958. The summed E-state index contributed by atoms with van der Waals surface area (Å²) in [6.45, 7) is 4.61. The number of benzene rings is 2. The Morgan fingerprint density at radius 1 is 1.06 bits per heavy atom. The first-order chi connectivity index (χ1) is 15.6. The lowest BCUT2D eigenvalue weighted by atomic mass is 10.2. The molecule has 3 rings (SSSR count). The standard InChI is InChI=1S/C25H33FN4O2/c1-28(2)22-11-9-21(10-12-22)25(31)27-14-5-6-15-29-16-18-30(19-17-29)23-7-3-4-8-24(23)32-20-13-26/h3-12H,13-20H2,1-2H3,(H,27,31)/b6-5+. The van der Waals surface area contributed by atoms with Crippen LogP contribution in [0.25, 0.3) is 0 Å². The van der Waals surface area contributed by atoms with Crippen molar-refractivity contribution in [2.24, 2.45) is 0 Å². The summed E-state index contributed by atoms with van der Waals surface area (Å²) < 4.78 is 18.0. The van der Waals surface area contributed by atoms with E-state index < -0.39 is 6.67 Å². The van der Waals surface area contributed by atoms with Crippen LogP contribution in [0.2, 0.25) is 0 Å². The molecule has 2 aromatic rings. The topological polar surface area (TPSA) is 48.1 Å². The van der Waals surface area contributed by atoms with Gasteiger partial charge in [-0.1, -0.05) is 24.3 Å². The molecular formula is C25H33FN4O2. The zero-order valence-electron chi connectivity index (χ0n) is 19.0. The van der Waals surface area contributed by atoms with E-state index in [0.29, 0.717) is 12.1 Å². The van der Waals surface area contributed by atoms with Crippen molar-refractivity contribution in [3.8, 4) is 5.75 Å². The summed E-state index contributed by atoms with van der Waals surface area (Å²) >= 11 is 0. The normalized spacial score (nSPS) is 14.5. The minimum Gasteiger partial charge on any atom is -0.489 e. The largest absolute Gasteiger partial charge is 0.489 e. The number of hydrogen-bond donors (Lipinski definition) is 1. The number of piperazine rings is 1. The van der Waals surface area contributed by atoms with Crippen LogP contribution >= 0.6 is 0 Å². The van der Waals surface area contributed by atoms with Crippen LogP contribution in [-0.2, 0) is 0 Å². The molecular weight excluding hydrogens is 407 g/mol. The van der Waals surface area contributed by atoms with Crippen molar-refractivity contribution in [3.05, 3.63) is 66.2 Å². The van der Waals surface area contributed by atoms with Gasteiger partial charge in [0.05, 0.1) is 5.69 Å². The number of carbonyl (C=O) groups is 1. The number of halogens is 1. The SMILES string of the molecule is CN(C)c1ccc(C(=O)NC/C=C/CN2CCN(c3ccccc3OCCF)CC2)cc1. The maximum atomic E-state index is 12.5. The fourth-order valence-electron chi connectivity index (χ4n) is 3.63. The monoisotopic (exact) mass is 440 g/mol. The summed E-state index contributed by atoms with van der Waals surface area (Å²) in [6, 6.07) is 15.4. The van der Waals surface area contributed by atoms with Crippen LogP contribution in [0.1, 0.15) is 10.4 Å². The summed E-state index contributed by atoms with van der Waals surface area (Å²) in [6.07, 6.45) is 4.10. The van der Waals surface area contributed by atoms with Crippen molar-refractivity contribution in [1.29, 1.82) is 0 Å². The van der Waals surface area contributed by atoms with Crippen LogP contribution in [0.15, 0.2) is 60.7 Å². The van der Waals surface area contributed by atoms with Gasteiger partial charge in [-0.05, 0) is 36.4 Å². The van der Waals surface area contributed by atoms with E-state index in [9.17, 15) is 9.18 Å². The molecule has 0 radical (unpaired) electrons. The first-order valence-corrected chi connectivity index (χ1v) is 11.0. The van der Waals surface area contributed by atoms with Crippen molar-refractivity contribution in [1.82, 2.24) is 10.2 Å². The molecule has 2 aromatic carbocycles. The molecule has 172 valence electrons. The van der Waals surface area contributed by atoms with Gasteiger partial charge in [-0.2, -0.15) is 0 Å². The third kappa shape index (κ3) is 6.72. The van der Waals surface area contributed by atoms with Gasteiger partial charge in [-0.3, -0.25) is 9.69 Å². The van der Waals surface area contributed by atoms with Gasteiger partial charge in [0.1, 0.15) is 19.0 Å². The zero-order chi connectivity index (χ0) is 22.8. The van der Waals surface area contributed by atoms with Crippen molar-refractivity contribution in [2.45, 2.75) is 0 Å². The van der Waals surface area contributed by atoms with Gasteiger partial charge in [0.2, 0.25) is 0 Å². The molecule has 0 aromatic heterocycles.